The second kappa shape index (κ2) is 7.78. The van der Waals surface area contributed by atoms with E-state index in [1.54, 1.807) is 35.2 Å². The molecule has 0 radical (unpaired) electrons. The van der Waals surface area contributed by atoms with Crippen molar-refractivity contribution in [3.05, 3.63) is 36.9 Å². The van der Waals surface area contributed by atoms with Crippen molar-refractivity contribution in [3.63, 3.8) is 0 Å². The van der Waals surface area contributed by atoms with Crippen molar-refractivity contribution in [3.8, 4) is 5.75 Å². The van der Waals surface area contributed by atoms with Crippen LogP contribution >= 0.6 is 0 Å². The SMILES string of the molecule is COc1ccc(N2C[C@@H](C(=O)NCCCn3cncn3)CC2=O)cc1. The van der Waals surface area contributed by atoms with Crippen LogP contribution in [0.4, 0.5) is 5.69 Å². The van der Waals surface area contributed by atoms with Gasteiger partial charge in [-0.25, -0.2) is 4.98 Å². The van der Waals surface area contributed by atoms with E-state index in [0.717, 1.165) is 17.9 Å². The Hall–Kier alpha value is -2.90. The molecule has 0 saturated carbocycles. The van der Waals surface area contributed by atoms with E-state index in [4.69, 9.17) is 4.74 Å². The van der Waals surface area contributed by atoms with Gasteiger partial charge in [-0.1, -0.05) is 0 Å². The smallest absolute Gasteiger partial charge is 0.227 e. The highest BCUT2D eigenvalue weighted by molar-refractivity contribution is 6.00. The average molecular weight is 343 g/mol. The number of rotatable bonds is 7. The molecule has 8 nitrogen and oxygen atoms in total. The maximum atomic E-state index is 12.3. The molecule has 0 spiro atoms. The monoisotopic (exact) mass is 343 g/mol. The van der Waals surface area contributed by atoms with Gasteiger partial charge in [0.1, 0.15) is 18.4 Å². The van der Waals surface area contributed by atoms with Crippen LogP contribution in [-0.2, 0) is 16.1 Å². The fourth-order valence-corrected chi connectivity index (χ4v) is 2.84. The van der Waals surface area contributed by atoms with Crippen molar-refractivity contribution in [1.29, 1.82) is 0 Å². The van der Waals surface area contributed by atoms with Gasteiger partial charge >= 0.3 is 0 Å². The minimum atomic E-state index is -0.319. The maximum absolute atomic E-state index is 12.3. The first-order valence-corrected chi connectivity index (χ1v) is 8.22. The third-order valence-corrected chi connectivity index (χ3v) is 4.21. The summed E-state index contributed by atoms with van der Waals surface area (Å²) in [4.78, 5) is 30.0. The molecule has 1 N–H and O–H groups in total. The van der Waals surface area contributed by atoms with Crippen molar-refractivity contribution in [2.45, 2.75) is 19.4 Å². The van der Waals surface area contributed by atoms with E-state index in [0.29, 0.717) is 19.6 Å². The van der Waals surface area contributed by atoms with E-state index < -0.39 is 0 Å². The lowest BCUT2D eigenvalue weighted by Crippen LogP contribution is -2.33. The molecule has 8 heteroatoms. The van der Waals surface area contributed by atoms with Gasteiger partial charge in [-0.05, 0) is 30.7 Å². The number of ether oxygens (including phenoxy) is 1. The van der Waals surface area contributed by atoms with E-state index in [9.17, 15) is 9.59 Å². The third kappa shape index (κ3) is 4.14. The molecule has 1 aliphatic rings. The highest BCUT2D eigenvalue weighted by Gasteiger charge is 2.34. The molecule has 0 unspecified atom stereocenters. The Morgan fingerprint density at radius 1 is 1.36 bits per heavy atom. The molecule has 1 aromatic heterocycles. The van der Waals surface area contributed by atoms with Crippen LogP contribution in [0, 0.1) is 5.92 Å². The molecule has 2 heterocycles. The molecular weight excluding hydrogens is 322 g/mol. The minimum absolute atomic E-state index is 0.0343. The van der Waals surface area contributed by atoms with Gasteiger partial charge in [0.15, 0.2) is 0 Å². The predicted molar refractivity (Wildman–Crippen MR) is 91.1 cm³/mol. The molecule has 1 aromatic carbocycles. The number of amides is 2. The molecule has 0 aliphatic carbocycles. The zero-order chi connectivity index (χ0) is 17.6. The Labute approximate surface area is 145 Å². The van der Waals surface area contributed by atoms with E-state index in [1.807, 2.05) is 12.1 Å². The molecular formula is C17H21N5O3. The van der Waals surface area contributed by atoms with Gasteiger partial charge < -0.3 is 15.0 Å². The Morgan fingerprint density at radius 2 is 2.16 bits per heavy atom. The summed E-state index contributed by atoms with van der Waals surface area (Å²) in [6.45, 7) is 1.65. The summed E-state index contributed by atoms with van der Waals surface area (Å²) in [6.07, 6.45) is 4.12. The largest absolute Gasteiger partial charge is 0.497 e. The number of nitrogens with zero attached hydrogens (tertiary/aromatic N) is 4. The number of anilines is 1. The number of hydrogen-bond donors (Lipinski definition) is 1. The van der Waals surface area contributed by atoms with Gasteiger partial charge in [0.25, 0.3) is 0 Å². The van der Waals surface area contributed by atoms with Gasteiger partial charge in [-0.2, -0.15) is 5.10 Å². The number of aromatic nitrogens is 3. The number of hydrogen-bond acceptors (Lipinski definition) is 5. The van der Waals surface area contributed by atoms with Crippen LogP contribution < -0.4 is 15.0 Å². The van der Waals surface area contributed by atoms with Gasteiger partial charge in [0, 0.05) is 31.7 Å². The summed E-state index contributed by atoms with van der Waals surface area (Å²) in [6, 6.07) is 7.27. The molecule has 1 aliphatic heterocycles. The van der Waals surface area contributed by atoms with Gasteiger partial charge in [-0.3, -0.25) is 14.3 Å². The first-order chi connectivity index (χ1) is 12.2. The molecule has 3 rings (SSSR count). The van der Waals surface area contributed by atoms with Crippen LogP contribution in [-0.4, -0.2) is 46.8 Å². The zero-order valence-corrected chi connectivity index (χ0v) is 14.1. The highest BCUT2D eigenvalue weighted by atomic mass is 16.5. The van der Waals surface area contributed by atoms with Gasteiger partial charge in [0.05, 0.1) is 13.0 Å². The zero-order valence-electron chi connectivity index (χ0n) is 14.1. The fourth-order valence-electron chi connectivity index (χ4n) is 2.84. The lowest BCUT2D eigenvalue weighted by atomic mass is 10.1. The summed E-state index contributed by atoms with van der Waals surface area (Å²) in [5.74, 6) is 0.300. The summed E-state index contributed by atoms with van der Waals surface area (Å²) < 4.78 is 6.84. The number of benzene rings is 1. The van der Waals surface area contributed by atoms with E-state index in [2.05, 4.69) is 15.4 Å². The molecule has 2 amide bonds. The topological polar surface area (TPSA) is 89.3 Å². The van der Waals surface area contributed by atoms with Crippen molar-refractivity contribution < 1.29 is 14.3 Å². The first-order valence-electron chi connectivity index (χ1n) is 8.22. The van der Waals surface area contributed by atoms with Crippen molar-refractivity contribution in [1.82, 2.24) is 20.1 Å². The first kappa shape index (κ1) is 16.9. The lowest BCUT2D eigenvalue weighted by molar-refractivity contribution is -0.126. The van der Waals surface area contributed by atoms with Crippen molar-refractivity contribution >= 4 is 17.5 Å². The highest BCUT2D eigenvalue weighted by Crippen LogP contribution is 2.26. The molecule has 1 fully saturated rings. The number of nitrogens with one attached hydrogen (secondary N) is 1. The Kier molecular flexibility index (Phi) is 5.27. The molecule has 0 bridgehead atoms. The number of carbonyl (C=O) groups excluding carboxylic acids is 2. The van der Waals surface area contributed by atoms with Crippen LogP contribution in [0.2, 0.25) is 0 Å². The van der Waals surface area contributed by atoms with Crippen LogP contribution in [0.5, 0.6) is 5.75 Å². The van der Waals surface area contributed by atoms with E-state index in [1.165, 1.54) is 6.33 Å². The molecule has 1 saturated heterocycles. The van der Waals surface area contributed by atoms with E-state index in [-0.39, 0.29) is 24.2 Å². The Balaban J connectivity index is 1.48. The van der Waals surface area contributed by atoms with Crippen LogP contribution in [0.25, 0.3) is 0 Å². The maximum Gasteiger partial charge on any atom is 0.227 e. The van der Waals surface area contributed by atoms with Crippen molar-refractivity contribution in [2.24, 2.45) is 5.92 Å². The number of aryl methyl sites for hydroxylation is 1. The molecule has 25 heavy (non-hydrogen) atoms. The van der Waals surface area contributed by atoms with Crippen LogP contribution in [0.3, 0.4) is 0 Å². The Morgan fingerprint density at radius 3 is 2.84 bits per heavy atom. The Bertz CT molecular complexity index is 714. The quantitative estimate of drug-likeness (QED) is 0.753. The van der Waals surface area contributed by atoms with E-state index >= 15 is 0 Å². The third-order valence-electron chi connectivity index (χ3n) is 4.21. The number of carbonyl (C=O) groups is 2. The molecule has 1 atom stereocenters. The summed E-state index contributed by atoms with van der Waals surface area (Å²) in [5.41, 5.74) is 0.785. The standard InChI is InChI=1S/C17H21N5O3/c1-25-15-5-3-14(4-6-15)22-10-13(9-16(22)23)17(24)19-7-2-8-21-12-18-11-20-21/h3-6,11-13H,2,7-10H2,1H3,(H,19,24)/t13-/m0/s1. The van der Waals surface area contributed by atoms with Crippen LogP contribution in [0.1, 0.15) is 12.8 Å². The summed E-state index contributed by atoms with van der Waals surface area (Å²) in [5, 5.41) is 6.91. The predicted octanol–water partition coefficient (Wildman–Crippen LogP) is 0.846. The lowest BCUT2D eigenvalue weighted by Gasteiger charge is -2.17. The second-order valence-corrected chi connectivity index (χ2v) is 5.91. The minimum Gasteiger partial charge on any atom is -0.497 e. The van der Waals surface area contributed by atoms with Crippen LogP contribution in [0.15, 0.2) is 36.9 Å². The average Bonchev–Trinajstić information content (AvgIpc) is 3.28. The van der Waals surface area contributed by atoms with Gasteiger partial charge in [-0.15, -0.1) is 0 Å². The molecule has 132 valence electrons. The fraction of sp³-hybridized carbons (Fsp3) is 0.412. The molecule has 2 aromatic rings. The number of methoxy groups -OCH3 is 1. The normalized spacial score (nSPS) is 16.9. The summed E-state index contributed by atoms with van der Waals surface area (Å²) in [7, 11) is 1.60. The van der Waals surface area contributed by atoms with Gasteiger partial charge in [0.2, 0.25) is 11.8 Å². The second-order valence-electron chi connectivity index (χ2n) is 5.91. The summed E-state index contributed by atoms with van der Waals surface area (Å²) >= 11 is 0. The van der Waals surface area contributed by atoms with Crippen molar-refractivity contribution in [2.75, 3.05) is 25.1 Å².